The lowest BCUT2D eigenvalue weighted by Crippen LogP contribution is -2.51. The van der Waals surface area contributed by atoms with Crippen LogP contribution in [0.4, 0.5) is 0 Å². The standard InChI is InChI=1S/C18H25NO3/c1-13(12-15-6-8-16(22-4)9-7-15)17(21)19-11-5-10-18(19,3)14(2)20/h6-9,13H,5,10-12H2,1-4H3/t13-,18-/m0/s1. The number of hydrogen-bond acceptors (Lipinski definition) is 3. The summed E-state index contributed by atoms with van der Waals surface area (Å²) in [6.07, 6.45) is 2.34. The van der Waals surface area contributed by atoms with E-state index in [-0.39, 0.29) is 17.6 Å². The van der Waals surface area contributed by atoms with Crippen LogP contribution in [0.1, 0.15) is 39.2 Å². The highest BCUT2D eigenvalue weighted by Crippen LogP contribution is 2.31. The fourth-order valence-electron chi connectivity index (χ4n) is 3.15. The molecule has 4 heteroatoms. The van der Waals surface area contributed by atoms with Gasteiger partial charge in [-0.05, 0) is 50.8 Å². The molecule has 0 unspecified atom stereocenters. The molecule has 1 amide bonds. The maximum absolute atomic E-state index is 12.7. The molecule has 0 aromatic heterocycles. The number of Topliss-reactive ketones (excluding diaryl/α,β-unsaturated/α-hetero) is 1. The number of likely N-dealkylation sites (tertiary alicyclic amines) is 1. The van der Waals surface area contributed by atoms with Crippen LogP contribution in [0.2, 0.25) is 0 Å². The zero-order chi connectivity index (χ0) is 16.3. The molecule has 1 heterocycles. The minimum atomic E-state index is -0.620. The summed E-state index contributed by atoms with van der Waals surface area (Å²) >= 11 is 0. The number of carbonyl (C=O) groups excluding carboxylic acids is 2. The molecule has 1 saturated heterocycles. The van der Waals surface area contributed by atoms with Gasteiger partial charge in [0.05, 0.1) is 12.6 Å². The topological polar surface area (TPSA) is 46.6 Å². The predicted octanol–water partition coefficient (Wildman–Crippen LogP) is 2.84. The summed E-state index contributed by atoms with van der Waals surface area (Å²) < 4.78 is 5.14. The largest absolute Gasteiger partial charge is 0.497 e. The van der Waals surface area contributed by atoms with Gasteiger partial charge in [0, 0.05) is 12.5 Å². The van der Waals surface area contributed by atoms with Crippen LogP contribution in [0.3, 0.4) is 0 Å². The van der Waals surface area contributed by atoms with Gasteiger partial charge in [0.1, 0.15) is 5.75 Å². The summed E-state index contributed by atoms with van der Waals surface area (Å²) in [4.78, 5) is 26.4. The van der Waals surface area contributed by atoms with Gasteiger partial charge >= 0.3 is 0 Å². The van der Waals surface area contributed by atoms with Gasteiger partial charge in [0.2, 0.25) is 5.91 Å². The summed E-state index contributed by atoms with van der Waals surface area (Å²) in [6, 6.07) is 7.78. The molecule has 2 atom stereocenters. The first-order chi connectivity index (χ1) is 10.4. The van der Waals surface area contributed by atoms with E-state index in [1.54, 1.807) is 18.9 Å². The second kappa shape index (κ2) is 6.51. The van der Waals surface area contributed by atoms with E-state index in [4.69, 9.17) is 4.74 Å². The number of ether oxygens (including phenoxy) is 1. The second-order valence-electron chi connectivity index (χ2n) is 6.38. The minimum Gasteiger partial charge on any atom is -0.497 e. The summed E-state index contributed by atoms with van der Waals surface area (Å²) in [7, 11) is 1.64. The zero-order valence-electron chi connectivity index (χ0n) is 13.9. The van der Waals surface area contributed by atoms with Crippen molar-refractivity contribution >= 4 is 11.7 Å². The summed E-state index contributed by atoms with van der Waals surface area (Å²) in [5.74, 6) is 0.831. The molecule has 1 aliphatic rings. The Balaban J connectivity index is 2.06. The van der Waals surface area contributed by atoms with Crippen LogP contribution in [0.15, 0.2) is 24.3 Å². The molecule has 1 aromatic carbocycles. The van der Waals surface area contributed by atoms with Crippen molar-refractivity contribution in [2.24, 2.45) is 5.92 Å². The lowest BCUT2D eigenvalue weighted by atomic mass is 9.92. The first-order valence-corrected chi connectivity index (χ1v) is 7.84. The Kier molecular flexibility index (Phi) is 4.89. The molecule has 0 radical (unpaired) electrons. The molecule has 1 aromatic rings. The fraction of sp³-hybridized carbons (Fsp3) is 0.556. The molecular formula is C18H25NO3. The zero-order valence-corrected chi connectivity index (χ0v) is 13.9. The number of amides is 1. The van der Waals surface area contributed by atoms with Crippen LogP contribution in [-0.2, 0) is 16.0 Å². The second-order valence-corrected chi connectivity index (χ2v) is 6.38. The highest BCUT2D eigenvalue weighted by atomic mass is 16.5. The molecule has 1 aliphatic heterocycles. The Morgan fingerprint density at radius 2 is 1.95 bits per heavy atom. The molecule has 0 spiro atoms. The van der Waals surface area contributed by atoms with E-state index in [2.05, 4.69) is 0 Å². The van der Waals surface area contributed by atoms with Gasteiger partial charge in [-0.1, -0.05) is 19.1 Å². The van der Waals surface area contributed by atoms with Crippen molar-refractivity contribution in [1.82, 2.24) is 4.90 Å². The van der Waals surface area contributed by atoms with Gasteiger partial charge in [0.15, 0.2) is 5.78 Å². The average Bonchev–Trinajstić information content (AvgIpc) is 2.90. The molecule has 0 N–H and O–H groups in total. The monoisotopic (exact) mass is 303 g/mol. The number of nitrogens with zero attached hydrogens (tertiary/aromatic N) is 1. The van der Waals surface area contributed by atoms with Crippen LogP contribution in [0.5, 0.6) is 5.75 Å². The average molecular weight is 303 g/mol. The van der Waals surface area contributed by atoms with Gasteiger partial charge < -0.3 is 9.64 Å². The normalized spacial score (nSPS) is 22.5. The number of methoxy groups -OCH3 is 1. The van der Waals surface area contributed by atoms with E-state index in [0.717, 1.165) is 24.2 Å². The third-order valence-electron chi connectivity index (χ3n) is 4.79. The van der Waals surface area contributed by atoms with Crippen molar-refractivity contribution in [3.8, 4) is 5.75 Å². The SMILES string of the molecule is COc1ccc(C[C@H](C)C(=O)N2CCC[C@@]2(C)C(C)=O)cc1. The Morgan fingerprint density at radius 1 is 1.32 bits per heavy atom. The Hall–Kier alpha value is -1.84. The smallest absolute Gasteiger partial charge is 0.226 e. The van der Waals surface area contributed by atoms with E-state index >= 15 is 0 Å². The molecule has 0 aliphatic carbocycles. The molecule has 1 fully saturated rings. The highest BCUT2D eigenvalue weighted by molar-refractivity contribution is 5.92. The van der Waals surface area contributed by atoms with Gasteiger partial charge in [-0.15, -0.1) is 0 Å². The Morgan fingerprint density at radius 3 is 2.50 bits per heavy atom. The van der Waals surface area contributed by atoms with Crippen LogP contribution in [0, 0.1) is 5.92 Å². The third kappa shape index (κ3) is 3.16. The van der Waals surface area contributed by atoms with E-state index in [9.17, 15) is 9.59 Å². The first-order valence-electron chi connectivity index (χ1n) is 7.84. The Bertz CT molecular complexity index is 552. The maximum Gasteiger partial charge on any atom is 0.226 e. The fourth-order valence-corrected chi connectivity index (χ4v) is 3.15. The van der Waals surface area contributed by atoms with Gasteiger partial charge in [-0.3, -0.25) is 9.59 Å². The minimum absolute atomic E-state index is 0.0750. The van der Waals surface area contributed by atoms with E-state index in [1.807, 2.05) is 38.1 Å². The number of ketones is 1. The summed E-state index contributed by atoms with van der Waals surface area (Å²) in [5, 5.41) is 0. The third-order valence-corrected chi connectivity index (χ3v) is 4.79. The van der Waals surface area contributed by atoms with Crippen LogP contribution in [0.25, 0.3) is 0 Å². The van der Waals surface area contributed by atoms with Crippen molar-refractivity contribution in [1.29, 1.82) is 0 Å². The summed E-state index contributed by atoms with van der Waals surface area (Å²) in [6.45, 7) is 6.09. The Labute approximate surface area is 132 Å². The molecule has 0 bridgehead atoms. The van der Waals surface area contributed by atoms with Gasteiger partial charge in [-0.2, -0.15) is 0 Å². The quantitative estimate of drug-likeness (QED) is 0.840. The lowest BCUT2D eigenvalue weighted by molar-refractivity contribution is -0.144. The molecule has 0 saturated carbocycles. The summed E-state index contributed by atoms with van der Waals surface area (Å²) in [5.41, 5.74) is 0.482. The van der Waals surface area contributed by atoms with Crippen molar-refractivity contribution in [3.63, 3.8) is 0 Å². The number of hydrogen-bond donors (Lipinski definition) is 0. The van der Waals surface area contributed by atoms with E-state index < -0.39 is 5.54 Å². The lowest BCUT2D eigenvalue weighted by Gasteiger charge is -2.34. The van der Waals surface area contributed by atoms with Crippen LogP contribution >= 0.6 is 0 Å². The van der Waals surface area contributed by atoms with E-state index in [1.165, 1.54) is 0 Å². The van der Waals surface area contributed by atoms with Gasteiger partial charge in [0.25, 0.3) is 0 Å². The molecular weight excluding hydrogens is 278 g/mol. The molecule has 120 valence electrons. The molecule has 2 rings (SSSR count). The molecule has 22 heavy (non-hydrogen) atoms. The van der Waals surface area contributed by atoms with E-state index in [0.29, 0.717) is 13.0 Å². The van der Waals surface area contributed by atoms with Crippen molar-refractivity contribution in [2.75, 3.05) is 13.7 Å². The van der Waals surface area contributed by atoms with Crippen LogP contribution < -0.4 is 4.74 Å². The maximum atomic E-state index is 12.7. The van der Waals surface area contributed by atoms with Crippen molar-refractivity contribution in [2.45, 2.75) is 45.6 Å². The highest BCUT2D eigenvalue weighted by Gasteiger charge is 2.44. The van der Waals surface area contributed by atoms with Crippen molar-refractivity contribution in [3.05, 3.63) is 29.8 Å². The van der Waals surface area contributed by atoms with Crippen LogP contribution in [-0.4, -0.2) is 35.8 Å². The number of carbonyl (C=O) groups is 2. The number of benzene rings is 1. The molecule has 4 nitrogen and oxygen atoms in total. The predicted molar refractivity (Wildman–Crippen MR) is 85.9 cm³/mol. The number of rotatable bonds is 5. The van der Waals surface area contributed by atoms with Gasteiger partial charge in [-0.25, -0.2) is 0 Å². The first kappa shape index (κ1) is 16.5. The van der Waals surface area contributed by atoms with Crippen molar-refractivity contribution < 1.29 is 14.3 Å².